The number of benzene rings is 1. The zero-order chi connectivity index (χ0) is 12.7. The van der Waals surface area contributed by atoms with Crippen LogP contribution in [-0.4, -0.2) is 15.6 Å². The summed E-state index contributed by atoms with van der Waals surface area (Å²) >= 11 is 0. The second-order valence-corrected chi connectivity index (χ2v) is 4.42. The van der Waals surface area contributed by atoms with Crippen molar-refractivity contribution in [3.05, 3.63) is 41.5 Å². The maximum Gasteiger partial charge on any atom is 0.412 e. The number of rotatable bonds is 1. The second-order valence-electron chi connectivity index (χ2n) is 4.42. The highest BCUT2D eigenvalue weighted by molar-refractivity contribution is 5.74. The van der Waals surface area contributed by atoms with Gasteiger partial charge in [0, 0.05) is 24.0 Å². The molecular weight excluding hydrogens is 230 g/mol. The lowest BCUT2D eigenvalue weighted by molar-refractivity contribution is 0.194. The molecule has 0 radical (unpaired) electrons. The predicted octanol–water partition coefficient (Wildman–Crippen LogP) is 2.09. The molecule has 2 heterocycles. The zero-order valence-corrected chi connectivity index (χ0v) is 10.2. The van der Waals surface area contributed by atoms with Gasteiger partial charge in [0.15, 0.2) is 0 Å². The molecule has 0 spiro atoms. The third-order valence-corrected chi connectivity index (χ3v) is 2.96. The van der Waals surface area contributed by atoms with Crippen LogP contribution in [0.4, 0.5) is 4.79 Å². The van der Waals surface area contributed by atoms with Crippen LogP contribution in [0, 0.1) is 13.8 Å². The number of amides is 1. The van der Waals surface area contributed by atoms with Gasteiger partial charge in [-0.15, -0.1) is 0 Å². The predicted molar refractivity (Wildman–Crippen MR) is 65.9 cm³/mol. The van der Waals surface area contributed by atoms with Gasteiger partial charge >= 0.3 is 6.09 Å². The molecule has 0 unspecified atom stereocenters. The quantitative estimate of drug-likeness (QED) is 0.834. The fourth-order valence-electron chi connectivity index (χ4n) is 2.11. The van der Waals surface area contributed by atoms with Crippen LogP contribution in [0.1, 0.15) is 16.8 Å². The SMILES string of the molecule is Cc1cn(-c2cc(C)c3c(c2)CNC(=O)O3)cn1. The van der Waals surface area contributed by atoms with Crippen LogP contribution in [0.2, 0.25) is 0 Å². The molecule has 92 valence electrons. The average Bonchev–Trinajstić information content (AvgIpc) is 2.77. The summed E-state index contributed by atoms with van der Waals surface area (Å²) in [6.07, 6.45) is 3.35. The summed E-state index contributed by atoms with van der Waals surface area (Å²) in [5.74, 6) is 0.666. The maximum atomic E-state index is 11.2. The number of hydrogen-bond acceptors (Lipinski definition) is 3. The largest absolute Gasteiger partial charge is 0.412 e. The van der Waals surface area contributed by atoms with Crippen molar-refractivity contribution in [3.63, 3.8) is 0 Å². The Morgan fingerprint density at radius 3 is 2.94 bits per heavy atom. The Hall–Kier alpha value is -2.30. The van der Waals surface area contributed by atoms with E-state index in [1.54, 1.807) is 6.33 Å². The van der Waals surface area contributed by atoms with Crippen molar-refractivity contribution in [1.29, 1.82) is 0 Å². The van der Waals surface area contributed by atoms with Gasteiger partial charge in [-0.05, 0) is 31.5 Å². The minimum Gasteiger partial charge on any atom is -0.410 e. The topological polar surface area (TPSA) is 56.2 Å². The Morgan fingerprint density at radius 1 is 1.39 bits per heavy atom. The number of aromatic nitrogens is 2. The first-order valence-electron chi connectivity index (χ1n) is 5.73. The van der Waals surface area contributed by atoms with E-state index in [1.165, 1.54) is 0 Å². The van der Waals surface area contributed by atoms with Crippen LogP contribution >= 0.6 is 0 Å². The molecule has 3 rings (SSSR count). The molecule has 2 aromatic rings. The van der Waals surface area contributed by atoms with Gasteiger partial charge in [-0.25, -0.2) is 9.78 Å². The number of aryl methyl sites for hydroxylation is 2. The number of carbonyl (C=O) groups is 1. The van der Waals surface area contributed by atoms with E-state index in [0.717, 1.165) is 22.5 Å². The lowest BCUT2D eigenvalue weighted by Crippen LogP contribution is -2.31. The van der Waals surface area contributed by atoms with Crippen molar-refractivity contribution < 1.29 is 9.53 Å². The molecule has 18 heavy (non-hydrogen) atoms. The summed E-state index contributed by atoms with van der Waals surface area (Å²) in [4.78, 5) is 15.4. The fraction of sp³-hybridized carbons (Fsp3) is 0.231. The third kappa shape index (κ3) is 1.73. The molecule has 5 heteroatoms. The molecule has 0 saturated carbocycles. The lowest BCUT2D eigenvalue weighted by Gasteiger charge is -2.20. The van der Waals surface area contributed by atoms with Crippen molar-refractivity contribution in [2.75, 3.05) is 0 Å². The van der Waals surface area contributed by atoms with Crippen molar-refractivity contribution in [1.82, 2.24) is 14.9 Å². The smallest absolute Gasteiger partial charge is 0.410 e. The van der Waals surface area contributed by atoms with E-state index in [-0.39, 0.29) is 0 Å². The van der Waals surface area contributed by atoms with Gasteiger partial charge in [0.1, 0.15) is 5.75 Å². The van der Waals surface area contributed by atoms with Gasteiger partial charge in [0.25, 0.3) is 0 Å². The summed E-state index contributed by atoms with van der Waals surface area (Å²) in [5.41, 5.74) is 3.92. The van der Waals surface area contributed by atoms with Gasteiger partial charge in [-0.2, -0.15) is 0 Å². The number of fused-ring (bicyclic) bond motifs is 1. The summed E-state index contributed by atoms with van der Waals surface area (Å²) in [6.45, 7) is 4.38. The molecule has 1 N–H and O–H groups in total. The first-order valence-corrected chi connectivity index (χ1v) is 5.73. The summed E-state index contributed by atoms with van der Waals surface area (Å²) in [5, 5.41) is 2.66. The average molecular weight is 243 g/mol. The van der Waals surface area contributed by atoms with Crippen LogP contribution in [0.3, 0.4) is 0 Å². The number of nitrogens with zero attached hydrogens (tertiary/aromatic N) is 2. The molecule has 0 fully saturated rings. The number of imidazole rings is 1. The van der Waals surface area contributed by atoms with Gasteiger partial charge in [-0.1, -0.05) is 0 Å². The molecule has 1 amide bonds. The molecule has 1 aromatic heterocycles. The monoisotopic (exact) mass is 243 g/mol. The number of nitrogens with one attached hydrogen (secondary N) is 1. The van der Waals surface area contributed by atoms with Crippen LogP contribution in [0.5, 0.6) is 5.75 Å². The highest BCUT2D eigenvalue weighted by Crippen LogP contribution is 2.29. The van der Waals surface area contributed by atoms with E-state index in [1.807, 2.05) is 36.7 Å². The Kier molecular flexibility index (Phi) is 2.33. The standard InChI is InChI=1S/C13H13N3O2/c1-8-3-11(16-6-9(2)15-7-16)4-10-5-14-13(17)18-12(8)10/h3-4,6-7H,5H2,1-2H3,(H,14,17). The molecule has 0 aliphatic carbocycles. The summed E-state index contributed by atoms with van der Waals surface area (Å²) in [6, 6.07) is 3.99. The summed E-state index contributed by atoms with van der Waals surface area (Å²) < 4.78 is 7.14. The molecule has 0 saturated heterocycles. The van der Waals surface area contributed by atoms with Crippen LogP contribution in [0.25, 0.3) is 5.69 Å². The van der Waals surface area contributed by atoms with Gasteiger partial charge in [0.05, 0.1) is 12.0 Å². The van der Waals surface area contributed by atoms with Crippen LogP contribution < -0.4 is 10.1 Å². The molecule has 0 bridgehead atoms. The van der Waals surface area contributed by atoms with E-state index in [9.17, 15) is 4.79 Å². The molecule has 1 aromatic carbocycles. The second kappa shape index (κ2) is 3.87. The normalized spacial score (nSPS) is 13.8. The number of carbonyl (C=O) groups excluding carboxylic acids is 1. The van der Waals surface area contributed by atoms with E-state index >= 15 is 0 Å². The van der Waals surface area contributed by atoms with E-state index < -0.39 is 6.09 Å². The van der Waals surface area contributed by atoms with Gasteiger partial charge < -0.3 is 14.6 Å². The number of hydrogen-bond donors (Lipinski definition) is 1. The fourth-order valence-corrected chi connectivity index (χ4v) is 2.11. The van der Waals surface area contributed by atoms with Gasteiger partial charge in [-0.3, -0.25) is 0 Å². The minimum atomic E-state index is -0.392. The van der Waals surface area contributed by atoms with Crippen molar-refractivity contribution >= 4 is 6.09 Å². The van der Waals surface area contributed by atoms with Crippen LogP contribution in [0.15, 0.2) is 24.7 Å². The van der Waals surface area contributed by atoms with E-state index in [4.69, 9.17) is 4.74 Å². The van der Waals surface area contributed by atoms with Crippen molar-refractivity contribution in [3.8, 4) is 11.4 Å². The molecule has 1 aliphatic heterocycles. The highest BCUT2D eigenvalue weighted by Gasteiger charge is 2.19. The number of ether oxygens (including phenoxy) is 1. The molecular formula is C13H13N3O2. The zero-order valence-electron chi connectivity index (χ0n) is 10.2. The Balaban J connectivity index is 2.09. The van der Waals surface area contributed by atoms with E-state index in [0.29, 0.717) is 12.3 Å². The first kappa shape index (κ1) is 10.8. The molecule has 0 atom stereocenters. The molecule has 5 nitrogen and oxygen atoms in total. The summed E-state index contributed by atoms with van der Waals surface area (Å²) in [7, 11) is 0. The molecule has 1 aliphatic rings. The maximum absolute atomic E-state index is 11.2. The van der Waals surface area contributed by atoms with Crippen LogP contribution in [-0.2, 0) is 6.54 Å². The minimum absolute atomic E-state index is 0.392. The Morgan fingerprint density at radius 2 is 2.22 bits per heavy atom. The van der Waals surface area contributed by atoms with E-state index in [2.05, 4.69) is 10.3 Å². The Bertz CT molecular complexity index is 631. The first-order chi connectivity index (χ1) is 8.63. The van der Waals surface area contributed by atoms with Crippen molar-refractivity contribution in [2.24, 2.45) is 0 Å². The third-order valence-electron chi connectivity index (χ3n) is 2.96. The highest BCUT2D eigenvalue weighted by atomic mass is 16.6. The Labute approximate surface area is 104 Å². The van der Waals surface area contributed by atoms with Gasteiger partial charge in [0.2, 0.25) is 0 Å². The van der Waals surface area contributed by atoms with Crippen molar-refractivity contribution in [2.45, 2.75) is 20.4 Å². The lowest BCUT2D eigenvalue weighted by atomic mass is 10.1.